The summed E-state index contributed by atoms with van der Waals surface area (Å²) in [5.74, 6) is -5.60. The highest BCUT2D eigenvalue weighted by molar-refractivity contribution is 5.99. The third-order valence-corrected chi connectivity index (χ3v) is 6.37. The minimum atomic E-state index is -5.08. The molecular weight excluding hydrogens is 636 g/mol. The number of nitrogens with zero attached hydrogens (tertiary/aromatic N) is 2. The highest BCUT2D eigenvalue weighted by atomic mass is 19.4. The van der Waals surface area contributed by atoms with Gasteiger partial charge in [-0.05, 0) is 53.9 Å². The van der Waals surface area contributed by atoms with Crippen LogP contribution in [-0.2, 0) is 22.7 Å². The molecule has 1 heterocycles. The third-order valence-electron chi connectivity index (χ3n) is 6.37. The summed E-state index contributed by atoms with van der Waals surface area (Å²) in [5, 5.41) is 26.1. The summed E-state index contributed by atoms with van der Waals surface area (Å²) in [4.78, 5) is 33.1. The molecule has 0 radical (unpaired) electrons. The molecule has 4 aromatic rings. The van der Waals surface area contributed by atoms with Gasteiger partial charge in [0.25, 0.3) is 5.91 Å². The van der Waals surface area contributed by atoms with Gasteiger partial charge in [0, 0.05) is 49.3 Å². The summed E-state index contributed by atoms with van der Waals surface area (Å²) in [5.41, 5.74) is 12.2. The van der Waals surface area contributed by atoms with Crippen molar-refractivity contribution < 1.29 is 50.9 Å². The standard InChI is InChI=1S/C27H29N5O.2C2HF3O2/c1-18-6-4-9-24-23(18)15-25(32(24)17-20-7-5-8-21(14-20)26(28)29)27(33)30-16-19-10-12-22(13-11-19)31(2)3;2*3-2(4,5)1(6)7/h4-15H,16-17H2,1-3H3,(H3,28,29)(H,30,33);2*(H,6,7). The molecule has 1 aromatic heterocycles. The number of amidine groups is 1. The molecule has 0 atom stereocenters. The lowest BCUT2D eigenvalue weighted by atomic mass is 10.1. The van der Waals surface area contributed by atoms with Crippen LogP contribution in [0, 0.1) is 12.3 Å². The molecule has 0 aliphatic rings. The second kappa shape index (κ2) is 15.6. The van der Waals surface area contributed by atoms with Gasteiger partial charge in [-0.15, -0.1) is 0 Å². The number of carboxylic acids is 2. The lowest BCUT2D eigenvalue weighted by Crippen LogP contribution is -2.25. The fraction of sp³-hybridized carbons (Fsp3) is 0.226. The Morgan fingerprint density at radius 2 is 1.38 bits per heavy atom. The number of nitrogen functional groups attached to an aromatic ring is 1. The van der Waals surface area contributed by atoms with Crippen LogP contribution in [0.5, 0.6) is 0 Å². The molecule has 0 fully saturated rings. The van der Waals surface area contributed by atoms with Crippen LogP contribution in [0.25, 0.3) is 10.9 Å². The minimum Gasteiger partial charge on any atom is -0.475 e. The van der Waals surface area contributed by atoms with Gasteiger partial charge in [-0.25, -0.2) is 9.59 Å². The first-order chi connectivity index (χ1) is 21.7. The van der Waals surface area contributed by atoms with Crippen molar-refractivity contribution in [3.05, 3.63) is 101 Å². The van der Waals surface area contributed by atoms with Gasteiger partial charge in [0.2, 0.25) is 0 Å². The van der Waals surface area contributed by atoms with Crippen LogP contribution in [0.3, 0.4) is 0 Å². The number of fused-ring (bicyclic) bond motifs is 1. The molecule has 252 valence electrons. The van der Waals surface area contributed by atoms with E-state index in [-0.39, 0.29) is 11.7 Å². The molecule has 3 aromatic carbocycles. The molecule has 16 heteroatoms. The second-order valence-corrected chi connectivity index (χ2v) is 10.1. The highest BCUT2D eigenvalue weighted by Crippen LogP contribution is 2.25. The zero-order chi connectivity index (χ0) is 35.7. The number of aliphatic carboxylic acids is 2. The average Bonchev–Trinajstić information content (AvgIpc) is 3.35. The van der Waals surface area contributed by atoms with Crippen LogP contribution in [0.2, 0.25) is 0 Å². The van der Waals surface area contributed by atoms with Crippen molar-refractivity contribution in [2.75, 3.05) is 19.0 Å². The molecule has 0 spiro atoms. The van der Waals surface area contributed by atoms with E-state index in [4.69, 9.17) is 30.9 Å². The number of aryl methyl sites for hydroxylation is 1. The number of hydrogen-bond acceptors (Lipinski definition) is 5. The SMILES string of the molecule is Cc1cccc2c1cc(C(=O)NCc1ccc(N(C)C)cc1)n2Cc1cccc(C(=N)N)c1.O=C(O)C(F)(F)F.O=C(O)C(F)(F)F. The normalized spacial score (nSPS) is 11.0. The number of carbonyl (C=O) groups excluding carboxylic acids is 1. The van der Waals surface area contributed by atoms with Gasteiger partial charge in [0.15, 0.2) is 0 Å². The predicted octanol–water partition coefficient (Wildman–Crippen LogP) is 5.54. The number of nitrogens with two attached hydrogens (primary N) is 1. The Morgan fingerprint density at radius 3 is 1.87 bits per heavy atom. The molecule has 0 unspecified atom stereocenters. The summed E-state index contributed by atoms with van der Waals surface area (Å²) in [6, 6.07) is 23.8. The number of alkyl halides is 6. The number of carboxylic acid groups (broad SMARTS) is 2. The monoisotopic (exact) mass is 667 g/mol. The van der Waals surface area contributed by atoms with Crippen LogP contribution < -0.4 is 16.0 Å². The number of halogens is 6. The smallest absolute Gasteiger partial charge is 0.475 e. The molecule has 0 aliphatic carbocycles. The summed E-state index contributed by atoms with van der Waals surface area (Å²) in [7, 11) is 4.01. The van der Waals surface area contributed by atoms with Gasteiger partial charge in [-0.3, -0.25) is 10.2 Å². The molecule has 0 aliphatic heterocycles. The molecule has 1 amide bonds. The Labute approximate surface area is 264 Å². The topological polar surface area (TPSA) is 162 Å². The Kier molecular flexibility index (Phi) is 12.5. The number of benzene rings is 3. The van der Waals surface area contributed by atoms with Gasteiger partial charge in [0.05, 0.1) is 0 Å². The van der Waals surface area contributed by atoms with Gasteiger partial charge < -0.3 is 30.7 Å². The Morgan fingerprint density at radius 1 is 0.851 bits per heavy atom. The van der Waals surface area contributed by atoms with Gasteiger partial charge in [-0.1, -0.05) is 42.5 Å². The van der Waals surface area contributed by atoms with E-state index in [0.29, 0.717) is 24.3 Å². The van der Waals surface area contributed by atoms with Gasteiger partial charge >= 0.3 is 24.3 Å². The van der Waals surface area contributed by atoms with Crippen LogP contribution >= 0.6 is 0 Å². The molecule has 0 bridgehead atoms. The number of anilines is 1. The number of aromatic nitrogens is 1. The Bertz CT molecular complexity index is 1710. The van der Waals surface area contributed by atoms with Crippen molar-refractivity contribution in [2.24, 2.45) is 5.73 Å². The molecule has 0 saturated heterocycles. The lowest BCUT2D eigenvalue weighted by molar-refractivity contribution is -0.193. The van der Waals surface area contributed by atoms with Crippen molar-refractivity contribution >= 4 is 40.3 Å². The first kappa shape index (κ1) is 37.6. The van der Waals surface area contributed by atoms with E-state index in [1.807, 2.05) is 90.3 Å². The van der Waals surface area contributed by atoms with E-state index < -0.39 is 24.3 Å². The Hall–Kier alpha value is -5.54. The number of amides is 1. The summed E-state index contributed by atoms with van der Waals surface area (Å²) in [6.07, 6.45) is -10.2. The van der Waals surface area contributed by atoms with Gasteiger partial charge in [0.1, 0.15) is 11.5 Å². The quantitative estimate of drug-likeness (QED) is 0.0982. The minimum absolute atomic E-state index is 0.0308. The largest absolute Gasteiger partial charge is 0.490 e. The zero-order valence-electron chi connectivity index (χ0n) is 25.2. The van der Waals surface area contributed by atoms with E-state index in [2.05, 4.69) is 18.3 Å². The van der Waals surface area contributed by atoms with Crippen molar-refractivity contribution in [3.63, 3.8) is 0 Å². The molecular formula is C31H31F6N5O5. The average molecular weight is 668 g/mol. The van der Waals surface area contributed by atoms with Crippen LogP contribution in [-0.4, -0.2) is 64.9 Å². The number of carbonyl (C=O) groups is 3. The maximum Gasteiger partial charge on any atom is 0.490 e. The van der Waals surface area contributed by atoms with Crippen LogP contribution in [0.15, 0.2) is 72.8 Å². The van der Waals surface area contributed by atoms with Crippen molar-refractivity contribution in [3.8, 4) is 0 Å². The van der Waals surface area contributed by atoms with E-state index >= 15 is 0 Å². The van der Waals surface area contributed by atoms with Crippen LogP contribution in [0.4, 0.5) is 32.0 Å². The predicted molar refractivity (Wildman–Crippen MR) is 163 cm³/mol. The summed E-state index contributed by atoms with van der Waals surface area (Å²) in [6.45, 7) is 3.01. The molecule has 0 saturated carbocycles. The number of nitrogens with one attached hydrogen (secondary N) is 2. The van der Waals surface area contributed by atoms with E-state index in [1.165, 1.54) is 0 Å². The fourth-order valence-corrected chi connectivity index (χ4v) is 4.00. The lowest BCUT2D eigenvalue weighted by Gasteiger charge is -2.14. The molecule has 47 heavy (non-hydrogen) atoms. The van der Waals surface area contributed by atoms with Gasteiger partial charge in [-0.2, -0.15) is 26.3 Å². The third kappa shape index (κ3) is 11.1. The van der Waals surface area contributed by atoms with E-state index in [1.54, 1.807) is 0 Å². The van der Waals surface area contributed by atoms with Crippen molar-refractivity contribution in [1.82, 2.24) is 9.88 Å². The first-order valence-corrected chi connectivity index (χ1v) is 13.4. The first-order valence-electron chi connectivity index (χ1n) is 13.4. The number of hydrogen-bond donors (Lipinski definition) is 5. The Balaban J connectivity index is 0.000000459. The van der Waals surface area contributed by atoms with Crippen molar-refractivity contribution in [2.45, 2.75) is 32.4 Å². The summed E-state index contributed by atoms with van der Waals surface area (Å²) < 4.78 is 65.5. The molecule has 10 nitrogen and oxygen atoms in total. The van der Waals surface area contributed by atoms with E-state index in [9.17, 15) is 31.1 Å². The fourth-order valence-electron chi connectivity index (χ4n) is 4.00. The maximum atomic E-state index is 13.3. The summed E-state index contributed by atoms with van der Waals surface area (Å²) >= 11 is 0. The highest BCUT2D eigenvalue weighted by Gasteiger charge is 2.38. The maximum absolute atomic E-state index is 13.3. The molecule has 6 N–H and O–H groups in total. The molecule has 4 rings (SSSR count). The second-order valence-electron chi connectivity index (χ2n) is 10.1. The zero-order valence-corrected chi connectivity index (χ0v) is 25.2. The van der Waals surface area contributed by atoms with E-state index in [0.717, 1.165) is 33.3 Å². The van der Waals surface area contributed by atoms with Crippen molar-refractivity contribution in [1.29, 1.82) is 5.41 Å². The number of rotatable bonds is 7. The van der Waals surface area contributed by atoms with Crippen LogP contribution in [0.1, 0.15) is 32.7 Å².